The van der Waals surface area contributed by atoms with Crippen molar-refractivity contribution in [3.8, 4) is 0 Å². The molecule has 1 heterocycles. The fraction of sp³-hybridized carbons (Fsp3) is 0.938. The number of nitrogens with one attached hydrogen (secondary N) is 1. The maximum atomic E-state index is 12.9. The van der Waals surface area contributed by atoms with Gasteiger partial charge in [0.05, 0.1) is 0 Å². The average Bonchev–Trinajstić information content (AvgIpc) is 3.21. The molecule has 0 aromatic heterocycles. The van der Waals surface area contributed by atoms with Crippen LogP contribution in [0.25, 0.3) is 0 Å². The van der Waals surface area contributed by atoms with Gasteiger partial charge in [0.1, 0.15) is 0 Å². The second-order valence-corrected chi connectivity index (χ2v) is 7.42. The Kier molecular flexibility index (Phi) is 3.79. The average molecular weight is 299 g/mol. The summed E-state index contributed by atoms with van der Waals surface area (Å²) in [5.74, 6) is 1.70. The lowest BCUT2D eigenvalue weighted by Gasteiger charge is -2.31. The first-order valence-corrected chi connectivity index (χ1v) is 8.24. The minimum absolute atomic E-state index is 0. The molecule has 1 amide bonds. The summed E-state index contributed by atoms with van der Waals surface area (Å²) in [5.41, 5.74) is 0.402. The molecule has 4 aliphatic rings. The quantitative estimate of drug-likeness (QED) is 0.865. The number of amides is 1. The number of carbonyl (C=O) groups is 1. The van der Waals surface area contributed by atoms with E-state index in [0.717, 1.165) is 19.0 Å². The zero-order valence-electron chi connectivity index (χ0n) is 12.4. The Bertz CT molecular complexity index is 386. The van der Waals surface area contributed by atoms with Crippen molar-refractivity contribution in [2.24, 2.45) is 17.3 Å². The predicted molar refractivity (Wildman–Crippen MR) is 81.9 cm³/mol. The Balaban J connectivity index is 0.00000121. The number of hydrogen-bond donors (Lipinski definition) is 1. The molecule has 1 spiro atoms. The summed E-state index contributed by atoms with van der Waals surface area (Å²) in [5, 5.41) is 3.43. The molecule has 1 aliphatic heterocycles. The van der Waals surface area contributed by atoms with Gasteiger partial charge in [0.15, 0.2) is 0 Å². The number of rotatable bonds is 4. The van der Waals surface area contributed by atoms with Gasteiger partial charge in [-0.05, 0) is 76.3 Å². The van der Waals surface area contributed by atoms with Crippen molar-refractivity contribution in [3.05, 3.63) is 0 Å². The smallest absolute Gasteiger partial charge is 0.226 e. The third-order valence-electron chi connectivity index (χ3n) is 6.02. The van der Waals surface area contributed by atoms with E-state index in [1.807, 2.05) is 0 Å². The van der Waals surface area contributed by atoms with E-state index >= 15 is 0 Å². The third-order valence-corrected chi connectivity index (χ3v) is 6.02. The highest BCUT2D eigenvalue weighted by molar-refractivity contribution is 5.85. The van der Waals surface area contributed by atoms with E-state index in [2.05, 4.69) is 17.1 Å². The van der Waals surface area contributed by atoms with Crippen molar-refractivity contribution in [3.63, 3.8) is 0 Å². The van der Waals surface area contributed by atoms with Gasteiger partial charge in [-0.15, -0.1) is 12.4 Å². The van der Waals surface area contributed by atoms with Gasteiger partial charge >= 0.3 is 0 Å². The first kappa shape index (κ1) is 14.6. The molecule has 0 aromatic carbocycles. The number of carbonyl (C=O) groups excluding carboxylic acids is 1. The monoisotopic (exact) mass is 298 g/mol. The van der Waals surface area contributed by atoms with E-state index in [1.165, 1.54) is 44.9 Å². The molecule has 4 heteroatoms. The molecule has 0 radical (unpaired) electrons. The Morgan fingerprint density at radius 2 is 1.85 bits per heavy atom. The van der Waals surface area contributed by atoms with Gasteiger partial charge in [-0.2, -0.15) is 0 Å². The second-order valence-electron chi connectivity index (χ2n) is 7.42. The first-order chi connectivity index (χ1) is 9.21. The van der Waals surface area contributed by atoms with E-state index < -0.39 is 0 Å². The summed E-state index contributed by atoms with van der Waals surface area (Å²) < 4.78 is 0. The summed E-state index contributed by atoms with van der Waals surface area (Å²) in [6.07, 6.45) is 8.82. The van der Waals surface area contributed by atoms with Crippen molar-refractivity contribution in [2.45, 2.75) is 64.0 Å². The summed E-state index contributed by atoms with van der Waals surface area (Å²) >= 11 is 0. The maximum Gasteiger partial charge on any atom is 0.226 e. The molecule has 1 N–H and O–H groups in total. The highest BCUT2D eigenvalue weighted by Crippen LogP contribution is 2.60. The van der Waals surface area contributed by atoms with Crippen LogP contribution in [-0.4, -0.2) is 36.0 Å². The van der Waals surface area contributed by atoms with Crippen LogP contribution in [0.2, 0.25) is 0 Å². The number of hydrogen-bond acceptors (Lipinski definition) is 2. The van der Waals surface area contributed by atoms with E-state index in [1.54, 1.807) is 0 Å². The summed E-state index contributed by atoms with van der Waals surface area (Å²) in [6.45, 7) is 4.53. The molecule has 114 valence electrons. The lowest BCUT2D eigenvalue weighted by molar-refractivity contribution is -0.136. The van der Waals surface area contributed by atoms with Crippen molar-refractivity contribution < 1.29 is 4.79 Å². The van der Waals surface area contributed by atoms with Gasteiger partial charge in [0.25, 0.3) is 0 Å². The molecular weight excluding hydrogens is 272 g/mol. The molecule has 3 saturated carbocycles. The molecule has 1 saturated heterocycles. The van der Waals surface area contributed by atoms with Crippen LogP contribution >= 0.6 is 12.4 Å². The van der Waals surface area contributed by atoms with Gasteiger partial charge in [0, 0.05) is 18.0 Å². The fourth-order valence-electron chi connectivity index (χ4n) is 4.23. The standard InChI is InChI=1S/C16H26N2O.ClH/c1-11(12-2-3-12)18(13-4-5-13)15(19)14-10-16(14)6-8-17-9-7-16;/h11-14,17H,2-10H2,1H3;1H. The van der Waals surface area contributed by atoms with E-state index in [4.69, 9.17) is 0 Å². The second kappa shape index (κ2) is 5.17. The predicted octanol–water partition coefficient (Wildman–Crippen LogP) is 2.59. The zero-order chi connectivity index (χ0) is 13.0. The molecule has 4 fully saturated rings. The largest absolute Gasteiger partial charge is 0.336 e. The van der Waals surface area contributed by atoms with Gasteiger partial charge in [-0.3, -0.25) is 4.79 Å². The summed E-state index contributed by atoms with van der Waals surface area (Å²) in [4.78, 5) is 15.3. The number of piperidine rings is 1. The van der Waals surface area contributed by atoms with Gasteiger partial charge in [0.2, 0.25) is 5.91 Å². The van der Waals surface area contributed by atoms with Crippen LogP contribution in [0, 0.1) is 17.3 Å². The van der Waals surface area contributed by atoms with Crippen LogP contribution in [0.15, 0.2) is 0 Å². The number of halogens is 1. The van der Waals surface area contributed by atoms with Gasteiger partial charge in [-0.25, -0.2) is 0 Å². The van der Waals surface area contributed by atoms with E-state index in [-0.39, 0.29) is 12.4 Å². The molecule has 0 bridgehead atoms. The Morgan fingerprint density at radius 3 is 2.40 bits per heavy atom. The molecular formula is C16H27ClN2O. The normalized spacial score (nSPS) is 32.4. The van der Waals surface area contributed by atoms with E-state index in [0.29, 0.717) is 29.3 Å². The van der Waals surface area contributed by atoms with Crippen LogP contribution in [-0.2, 0) is 4.79 Å². The Labute approximate surface area is 128 Å². The summed E-state index contributed by atoms with van der Waals surface area (Å²) in [7, 11) is 0. The van der Waals surface area contributed by atoms with Gasteiger partial charge in [-0.1, -0.05) is 0 Å². The van der Waals surface area contributed by atoms with Crippen molar-refractivity contribution in [2.75, 3.05) is 13.1 Å². The lowest BCUT2D eigenvalue weighted by Crippen LogP contribution is -2.44. The third kappa shape index (κ3) is 2.48. The minimum Gasteiger partial charge on any atom is -0.336 e. The highest BCUT2D eigenvalue weighted by Gasteiger charge is 2.60. The molecule has 3 nitrogen and oxygen atoms in total. The van der Waals surface area contributed by atoms with E-state index in [9.17, 15) is 4.79 Å². The van der Waals surface area contributed by atoms with Crippen molar-refractivity contribution in [1.82, 2.24) is 10.2 Å². The molecule has 3 aliphatic carbocycles. The lowest BCUT2D eigenvalue weighted by atomic mass is 9.91. The molecule has 2 unspecified atom stereocenters. The SMILES string of the molecule is CC(C1CC1)N(C(=O)C1CC12CCNCC2)C1CC1.Cl. The van der Waals surface area contributed by atoms with Gasteiger partial charge < -0.3 is 10.2 Å². The van der Waals surface area contributed by atoms with Crippen molar-refractivity contribution >= 4 is 18.3 Å². The zero-order valence-corrected chi connectivity index (χ0v) is 13.3. The molecule has 4 rings (SSSR count). The fourth-order valence-corrected chi connectivity index (χ4v) is 4.23. The first-order valence-electron chi connectivity index (χ1n) is 8.24. The van der Waals surface area contributed by atoms with Crippen LogP contribution in [0.3, 0.4) is 0 Å². The van der Waals surface area contributed by atoms with Crippen LogP contribution in [0.1, 0.15) is 51.9 Å². The Hall–Kier alpha value is -0.280. The minimum atomic E-state index is 0. The summed E-state index contributed by atoms with van der Waals surface area (Å²) in [6, 6.07) is 1.11. The molecule has 2 atom stereocenters. The van der Waals surface area contributed by atoms with Crippen LogP contribution in [0.4, 0.5) is 0 Å². The Morgan fingerprint density at radius 1 is 1.20 bits per heavy atom. The van der Waals surface area contributed by atoms with Crippen LogP contribution in [0.5, 0.6) is 0 Å². The number of nitrogens with zero attached hydrogens (tertiary/aromatic N) is 1. The molecule has 20 heavy (non-hydrogen) atoms. The highest BCUT2D eigenvalue weighted by atomic mass is 35.5. The topological polar surface area (TPSA) is 32.3 Å². The van der Waals surface area contributed by atoms with Crippen molar-refractivity contribution in [1.29, 1.82) is 0 Å². The molecule has 0 aromatic rings. The van der Waals surface area contributed by atoms with Crippen LogP contribution < -0.4 is 5.32 Å². The maximum absolute atomic E-state index is 12.9.